The summed E-state index contributed by atoms with van der Waals surface area (Å²) in [5, 5.41) is 13.0. The van der Waals surface area contributed by atoms with E-state index in [1.807, 2.05) is 60.7 Å². The number of ether oxygens (including phenoxy) is 1. The van der Waals surface area contributed by atoms with E-state index < -0.39 is 0 Å². The molecule has 4 heteroatoms. The number of aromatic nitrogens is 1. The fourth-order valence-corrected chi connectivity index (χ4v) is 2.19. The summed E-state index contributed by atoms with van der Waals surface area (Å²) in [5.74, 6) is 1.65. The van der Waals surface area contributed by atoms with Crippen molar-refractivity contribution in [2.24, 2.45) is 0 Å². The molecule has 23 heavy (non-hydrogen) atoms. The van der Waals surface area contributed by atoms with Crippen LogP contribution in [-0.2, 0) is 13.1 Å². The molecule has 3 rings (SSSR count). The average molecular weight is 306 g/mol. The normalized spacial score (nSPS) is 10.4. The van der Waals surface area contributed by atoms with Gasteiger partial charge in [0.2, 0.25) is 5.88 Å². The van der Waals surface area contributed by atoms with Crippen LogP contribution >= 0.6 is 0 Å². The second-order valence-corrected chi connectivity index (χ2v) is 5.15. The smallest absolute Gasteiger partial charge is 0.219 e. The maximum Gasteiger partial charge on any atom is 0.219 e. The highest BCUT2D eigenvalue weighted by molar-refractivity contribution is 5.31. The number of rotatable bonds is 6. The summed E-state index contributed by atoms with van der Waals surface area (Å²) in [6.45, 7) is 1.28. The van der Waals surface area contributed by atoms with Crippen molar-refractivity contribution >= 4 is 0 Å². The molecule has 2 aromatic carbocycles. The quantitative estimate of drug-likeness (QED) is 0.726. The van der Waals surface area contributed by atoms with E-state index in [1.165, 1.54) is 0 Å². The zero-order valence-corrected chi connectivity index (χ0v) is 12.6. The Kier molecular flexibility index (Phi) is 4.86. The fraction of sp³-hybridized carbons (Fsp3) is 0.105. The number of phenols is 1. The number of hydrogen-bond donors (Lipinski definition) is 2. The molecule has 0 saturated carbocycles. The van der Waals surface area contributed by atoms with Crippen molar-refractivity contribution < 1.29 is 9.84 Å². The third-order valence-electron chi connectivity index (χ3n) is 3.40. The van der Waals surface area contributed by atoms with Gasteiger partial charge in [0, 0.05) is 30.9 Å². The van der Waals surface area contributed by atoms with Crippen LogP contribution in [0.2, 0.25) is 0 Å². The number of aromatic hydroxyl groups is 1. The minimum Gasteiger partial charge on any atom is -0.508 e. The molecular weight excluding hydrogens is 288 g/mol. The predicted octanol–water partition coefficient (Wildman–Crippen LogP) is 3.87. The second-order valence-electron chi connectivity index (χ2n) is 5.15. The van der Waals surface area contributed by atoms with E-state index in [2.05, 4.69) is 10.3 Å². The Balaban J connectivity index is 1.53. The standard InChI is InChI=1S/C19H18N2O2/c22-18-9-5-4-6-16(18)14-20-12-15-10-11-19(21-13-15)23-17-7-2-1-3-8-17/h1-11,13,20,22H,12,14H2. The molecule has 0 amide bonds. The number of nitrogens with zero attached hydrogens (tertiary/aromatic N) is 1. The van der Waals surface area contributed by atoms with Crippen LogP contribution < -0.4 is 10.1 Å². The van der Waals surface area contributed by atoms with Gasteiger partial charge in [-0.15, -0.1) is 0 Å². The summed E-state index contributed by atoms with van der Waals surface area (Å²) in [4.78, 5) is 4.31. The molecule has 0 aliphatic heterocycles. The number of pyridine rings is 1. The SMILES string of the molecule is Oc1ccccc1CNCc1ccc(Oc2ccccc2)nc1. The molecule has 0 atom stereocenters. The Labute approximate surface area is 135 Å². The third-order valence-corrected chi connectivity index (χ3v) is 3.40. The van der Waals surface area contributed by atoms with Crippen molar-refractivity contribution in [3.63, 3.8) is 0 Å². The number of nitrogens with one attached hydrogen (secondary N) is 1. The average Bonchev–Trinajstić information content (AvgIpc) is 2.59. The molecule has 3 aromatic rings. The van der Waals surface area contributed by atoms with Crippen LogP contribution in [0.3, 0.4) is 0 Å². The largest absolute Gasteiger partial charge is 0.508 e. The fourth-order valence-electron chi connectivity index (χ4n) is 2.19. The van der Waals surface area contributed by atoms with E-state index in [-0.39, 0.29) is 0 Å². The molecule has 0 unspecified atom stereocenters. The van der Waals surface area contributed by atoms with Crippen molar-refractivity contribution in [1.82, 2.24) is 10.3 Å². The van der Waals surface area contributed by atoms with Crippen molar-refractivity contribution in [3.05, 3.63) is 84.1 Å². The Bertz CT molecular complexity index is 743. The highest BCUT2D eigenvalue weighted by Gasteiger charge is 2.01. The molecule has 0 aliphatic rings. The first-order valence-electron chi connectivity index (χ1n) is 7.47. The van der Waals surface area contributed by atoms with Gasteiger partial charge in [-0.05, 0) is 23.8 Å². The topological polar surface area (TPSA) is 54.4 Å². The van der Waals surface area contributed by atoms with Gasteiger partial charge in [0.05, 0.1) is 0 Å². The van der Waals surface area contributed by atoms with E-state index in [0.717, 1.165) is 16.9 Å². The molecule has 2 N–H and O–H groups in total. The van der Waals surface area contributed by atoms with Crippen LogP contribution in [0.5, 0.6) is 17.4 Å². The van der Waals surface area contributed by atoms with E-state index in [1.54, 1.807) is 12.3 Å². The van der Waals surface area contributed by atoms with Gasteiger partial charge >= 0.3 is 0 Å². The lowest BCUT2D eigenvalue weighted by molar-refractivity contribution is 0.461. The van der Waals surface area contributed by atoms with Crippen LogP contribution in [0.1, 0.15) is 11.1 Å². The Hall–Kier alpha value is -2.85. The summed E-state index contributed by atoms with van der Waals surface area (Å²) in [6, 6.07) is 20.7. The Morgan fingerprint density at radius 1 is 0.870 bits per heavy atom. The molecule has 0 saturated heterocycles. The second kappa shape index (κ2) is 7.42. The van der Waals surface area contributed by atoms with Crippen molar-refractivity contribution in [3.8, 4) is 17.4 Å². The van der Waals surface area contributed by atoms with Gasteiger partial charge < -0.3 is 15.2 Å². The van der Waals surface area contributed by atoms with Crippen LogP contribution in [-0.4, -0.2) is 10.1 Å². The minimum absolute atomic E-state index is 0.310. The number of hydrogen-bond acceptors (Lipinski definition) is 4. The molecule has 0 spiro atoms. The highest BCUT2D eigenvalue weighted by Crippen LogP contribution is 2.19. The lowest BCUT2D eigenvalue weighted by atomic mass is 10.2. The number of para-hydroxylation sites is 2. The maximum atomic E-state index is 9.72. The Morgan fingerprint density at radius 2 is 1.65 bits per heavy atom. The van der Waals surface area contributed by atoms with Crippen LogP contribution in [0.4, 0.5) is 0 Å². The molecule has 1 heterocycles. The molecule has 0 bridgehead atoms. The zero-order chi connectivity index (χ0) is 15.9. The minimum atomic E-state index is 0.310. The molecular formula is C19H18N2O2. The number of benzene rings is 2. The molecule has 0 radical (unpaired) electrons. The van der Waals surface area contributed by atoms with E-state index in [4.69, 9.17) is 4.74 Å². The maximum absolute atomic E-state index is 9.72. The summed E-state index contributed by atoms with van der Waals surface area (Å²) in [6.07, 6.45) is 1.79. The van der Waals surface area contributed by atoms with Crippen molar-refractivity contribution in [2.45, 2.75) is 13.1 Å². The predicted molar refractivity (Wildman–Crippen MR) is 89.4 cm³/mol. The molecule has 4 nitrogen and oxygen atoms in total. The van der Waals surface area contributed by atoms with Gasteiger partial charge in [-0.1, -0.05) is 42.5 Å². The lowest BCUT2D eigenvalue weighted by Gasteiger charge is -2.08. The van der Waals surface area contributed by atoms with Crippen molar-refractivity contribution in [1.29, 1.82) is 0 Å². The number of phenolic OH excluding ortho intramolecular Hbond substituents is 1. The van der Waals surface area contributed by atoms with E-state index in [0.29, 0.717) is 24.7 Å². The first-order chi connectivity index (χ1) is 11.3. The first kappa shape index (κ1) is 15.1. The monoisotopic (exact) mass is 306 g/mol. The Morgan fingerprint density at radius 3 is 2.39 bits per heavy atom. The van der Waals surface area contributed by atoms with Crippen molar-refractivity contribution in [2.75, 3.05) is 0 Å². The van der Waals surface area contributed by atoms with Gasteiger partial charge in [-0.3, -0.25) is 0 Å². The summed E-state index contributed by atoms with van der Waals surface area (Å²) in [7, 11) is 0. The summed E-state index contributed by atoms with van der Waals surface area (Å²) in [5.41, 5.74) is 1.94. The van der Waals surface area contributed by atoms with Gasteiger partial charge in [0.25, 0.3) is 0 Å². The lowest BCUT2D eigenvalue weighted by Crippen LogP contribution is -2.12. The van der Waals surface area contributed by atoms with Gasteiger partial charge in [0.15, 0.2) is 0 Å². The van der Waals surface area contributed by atoms with Crippen LogP contribution in [0.15, 0.2) is 72.9 Å². The molecule has 0 aliphatic carbocycles. The van der Waals surface area contributed by atoms with Gasteiger partial charge in [-0.2, -0.15) is 0 Å². The molecule has 116 valence electrons. The van der Waals surface area contributed by atoms with Crippen LogP contribution in [0, 0.1) is 0 Å². The summed E-state index contributed by atoms with van der Waals surface area (Å²) >= 11 is 0. The molecule has 0 fully saturated rings. The van der Waals surface area contributed by atoms with E-state index in [9.17, 15) is 5.11 Å². The first-order valence-corrected chi connectivity index (χ1v) is 7.47. The zero-order valence-electron chi connectivity index (χ0n) is 12.6. The van der Waals surface area contributed by atoms with Crippen LogP contribution in [0.25, 0.3) is 0 Å². The van der Waals surface area contributed by atoms with Gasteiger partial charge in [-0.25, -0.2) is 4.98 Å². The summed E-state index contributed by atoms with van der Waals surface area (Å²) < 4.78 is 5.66. The molecule has 1 aromatic heterocycles. The highest BCUT2D eigenvalue weighted by atomic mass is 16.5. The van der Waals surface area contributed by atoms with Gasteiger partial charge in [0.1, 0.15) is 11.5 Å². The van der Waals surface area contributed by atoms with E-state index >= 15 is 0 Å². The third kappa shape index (κ3) is 4.31.